The average molecular weight is 264 g/mol. The minimum Gasteiger partial charge on any atom is -0.392 e. The van der Waals surface area contributed by atoms with Crippen LogP contribution in [-0.4, -0.2) is 31.3 Å². The Labute approximate surface area is 113 Å². The second-order valence-electron chi connectivity index (χ2n) is 5.66. The summed E-state index contributed by atoms with van der Waals surface area (Å²) in [7, 11) is 0. The van der Waals surface area contributed by atoms with Gasteiger partial charge in [0.05, 0.1) is 12.3 Å². The van der Waals surface area contributed by atoms with Crippen LogP contribution >= 0.6 is 0 Å². The summed E-state index contributed by atoms with van der Waals surface area (Å²) >= 11 is 0. The lowest BCUT2D eigenvalue weighted by molar-refractivity contribution is 0.218. The highest BCUT2D eigenvalue weighted by Gasteiger charge is 2.35. The molecule has 2 saturated heterocycles. The first-order valence-electron chi connectivity index (χ1n) is 7.13. The molecular weight excluding hydrogens is 243 g/mol. The molecule has 0 bridgehead atoms. The Hall–Kier alpha value is -1.13. The number of hydrogen-bond acceptors (Lipinski definition) is 3. The summed E-state index contributed by atoms with van der Waals surface area (Å²) in [5, 5.41) is 12.5. The molecule has 0 spiro atoms. The summed E-state index contributed by atoms with van der Waals surface area (Å²) < 4.78 is 14.1. The zero-order chi connectivity index (χ0) is 13.2. The lowest BCUT2D eigenvalue weighted by Gasteiger charge is -2.46. The van der Waals surface area contributed by atoms with E-state index in [1.165, 1.54) is 12.8 Å². The van der Waals surface area contributed by atoms with Gasteiger partial charge in [-0.15, -0.1) is 0 Å². The summed E-state index contributed by atoms with van der Waals surface area (Å²) in [6.07, 6.45) is 2.50. The van der Waals surface area contributed by atoms with Crippen molar-refractivity contribution in [2.75, 3.05) is 31.1 Å². The maximum Gasteiger partial charge on any atom is 0.151 e. The molecule has 2 N–H and O–H groups in total. The minimum atomic E-state index is -0.256. The van der Waals surface area contributed by atoms with Gasteiger partial charge in [-0.3, -0.25) is 0 Å². The van der Waals surface area contributed by atoms with Crippen LogP contribution < -0.4 is 10.2 Å². The maximum atomic E-state index is 14.1. The van der Waals surface area contributed by atoms with Crippen molar-refractivity contribution >= 4 is 5.69 Å². The largest absolute Gasteiger partial charge is 0.392 e. The van der Waals surface area contributed by atoms with Gasteiger partial charge in [0.15, 0.2) is 5.82 Å². The van der Waals surface area contributed by atoms with E-state index in [4.69, 9.17) is 5.11 Å². The Balaban J connectivity index is 1.64. The molecular formula is C15H21FN2O. The third-order valence-corrected chi connectivity index (χ3v) is 4.53. The Bertz CT molecular complexity index is 440. The van der Waals surface area contributed by atoms with Gasteiger partial charge in [-0.2, -0.15) is 0 Å². The van der Waals surface area contributed by atoms with Crippen LogP contribution in [0, 0.1) is 17.7 Å². The second kappa shape index (κ2) is 5.47. The lowest BCUT2D eigenvalue weighted by Crippen LogP contribution is -2.52. The van der Waals surface area contributed by atoms with E-state index in [1.54, 1.807) is 6.07 Å². The van der Waals surface area contributed by atoms with Crippen molar-refractivity contribution in [1.29, 1.82) is 0 Å². The number of aliphatic hydroxyl groups is 1. The fourth-order valence-electron chi connectivity index (χ4n) is 3.26. The van der Waals surface area contributed by atoms with Crippen LogP contribution in [0.15, 0.2) is 18.2 Å². The van der Waals surface area contributed by atoms with Crippen LogP contribution in [0.3, 0.4) is 0 Å². The van der Waals surface area contributed by atoms with Crippen molar-refractivity contribution in [3.8, 4) is 0 Å². The number of nitrogens with zero attached hydrogens (tertiary/aromatic N) is 1. The molecule has 0 unspecified atom stereocenters. The molecule has 0 aromatic heterocycles. The Morgan fingerprint density at radius 1 is 1.21 bits per heavy atom. The highest BCUT2D eigenvalue weighted by molar-refractivity contribution is 5.52. The van der Waals surface area contributed by atoms with Crippen molar-refractivity contribution in [2.24, 2.45) is 11.8 Å². The molecule has 0 aliphatic carbocycles. The smallest absolute Gasteiger partial charge is 0.151 e. The molecule has 1 aromatic carbocycles. The van der Waals surface area contributed by atoms with Crippen LogP contribution in [0.4, 0.5) is 10.1 Å². The van der Waals surface area contributed by atoms with Crippen molar-refractivity contribution in [1.82, 2.24) is 5.32 Å². The average Bonchev–Trinajstić information content (AvgIpc) is 2.40. The van der Waals surface area contributed by atoms with E-state index in [1.807, 2.05) is 12.1 Å². The van der Waals surface area contributed by atoms with E-state index in [9.17, 15) is 4.39 Å². The zero-order valence-electron chi connectivity index (χ0n) is 11.1. The summed E-state index contributed by atoms with van der Waals surface area (Å²) in [5.41, 5.74) is 1.04. The molecule has 3 rings (SSSR count). The Kier molecular flexibility index (Phi) is 3.71. The molecule has 2 heterocycles. The number of benzene rings is 1. The van der Waals surface area contributed by atoms with Gasteiger partial charge in [-0.1, -0.05) is 12.1 Å². The molecule has 0 saturated carbocycles. The monoisotopic (exact) mass is 264 g/mol. The molecule has 2 aliphatic heterocycles. The topological polar surface area (TPSA) is 35.5 Å². The predicted octanol–water partition coefficient (Wildman–Crippen LogP) is 1.75. The third-order valence-electron chi connectivity index (χ3n) is 4.53. The van der Waals surface area contributed by atoms with Gasteiger partial charge < -0.3 is 15.3 Å². The second-order valence-corrected chi connectivity index (χ2v) is 5.66. The molecule has 0 radical (unpaired) electrons. The van der Waals surface area contributed by atoms with E-state index < -0.39 is 0 Å². The van der Waals surface area contributed by atoms with Gasteiger partial charge in [0.25, 0.3) is 0 Å². The normalized spacial score (nSPS) is 21.5. The van der Waals surface area contributed by atoms with E-state index in [-0.39, 0.29) is 12.4 Å². The van der Waals surface area contributed by atoms with Crippen LogP contribution in [0.5, 0.6) is 0 Å². The van der Waals surface area contributed by atoms with E-state index in [0.717, 1.165) is 32.1 Å². The molecule has 1 aromatic rings. The number of halogens is 1. The highest BCUT2D eigenvalue weighted by atomic mass is 19.1. The summed E-state index contributed by atoms with van der Waals surface area (Å²) in [4.78, 5) is 2.10. The van der Waals surface area contributed by atoms with Gasteiger partial charge in [-0.05, 0) is 43.8 Å². The SMILES string of the molecule is OCc1cccc(N2CC(C3CCNCC3)C2)c1F. The molecule has 0 atom stereocenters. The first-order chi connectivity index (χ1) is 9.29. The number of hydrogen-bond donors (Lipinski definition) is 2. The van der Waals surface area contributed by atoms with Crippen LogP contribution in [0.25, 0.3) is 0 Å². The fraction of sp³-hybridized carbons (Fsp3) is 0.600. The molecule has 3 nitrogen and oxygen atoms in total. The molecule has 4 heteroatoms. The third kappa shape index (κ3) is 2.47. The van der Waals surface area contributed by atoms with E-state index in [0.29, 0.717) is 17.2 Å². The highest BCUT2D eigenvalue weighted by Crippen LogP contribution is 2.35. The summed E-state index contributed by atoms with van der Waals surface area (Å²) in [6, 6.07) is 5.28. The minimum absolute atomic E-state index is 0.231. The van der Waals surface area contributed by atoms with Crippen molar-refractivity contribution in [3.63, 3.8) is 0 Å². The number of anilines is 1. The first-order valence-corrected chi connectivity index (χ1v) is 7.13. The van der Waals surface area contributed by atoms with E-state index >= 15 is 0 Å². The fourth-order valence-corrected chi connectivity index (χ4v) is 3.26. The Morgan fingerprint density at radius 3 is 2.63 bits per heavy atom. The summed E-state index contributed by atoms with van der Waals surface area (Å²) in [5.74, 6) is 1.25. The molecule has 19 heavy (non-hydrogen) atoms. The van der Waals surface area contributed by atoms with Crippen LogP contribution in [-0.2, 0) is 6.61 Å². The van der Waals surface area contributed by atoms with Gasteiger partial charge in [0, 0.05) is 18.7 Å². The van der Waals surface area contributed by atoms with Crippen molar-refractivity contribution in [2.45, 2.75) is 19.4 Å². The zero-order valence-corrected chi connectivity index (χ0v) is 11.1. The van der Waals surface area contributed by atoms with E-state index in [2.05, 4.69) is 10.2 Å². The van der Waals surface area contributed by atoms with Gasteiger partial charge >= 0.3 is 0 Å². The maximum absolute atomic E-state index is 14.1. The summed E-state index contributed by atoms with van der Waals surface area (Å²) in [6.45, 7) is 3.92. The van der Waals surface area contributed by atoms with Crippen molar-refractivity contribution < 1.29 is 9.50 Å². The number of rotatable bonds is 3. The lowest BCUT2D eigenvalue weighted by atomic mass is 9.80. The number of aliphatic hydroxyl groups excluding tert-OH is 1. The standard InChI is InChI=1S/C15H21FN2O/c16-15-12(10-19)2-1-3-14(15)18-8-13(9-18)11-4-6-17-7-5-11/h1-3,11,13,17,19H,4-10H2. The van der Waals surface area contributed by atoms with Gasteiger partial charge in [0.2, 0.25) is 0 Å². The molecule has 0 amide bonds. The quantitative estimate of drug-likeness (QED) is 0.873. The number of nitrogens with one attached hydrogen (secondary N) is 1. The van der Waals surface area contributed by atoms with Crippen LogP contribution in [0.1, 0.15) is 18.4 Å². The predicted molar refractivity (Wildman–Crippen MR) is 73.6 cm³/mol. The first kappa shape index (κ1) is 12.9. The van der Waals surface area contributed by atoms with Crippen LogP contribution in [0.2, 0.25) is 0 Å². The molecule has 2 aliphatic rings. The molecule has 2 fully saturated rings. The molecule has 104 valence electrons. The number of piperidine rings is 1. The van der Waals surface area contributed by atoms with Gasteiger partial charge in [-0.25, -0.2) is 4.39 Å². The van der Waals surface area contributed by atoms with Gasteiger partial charge in [0.1, 0.15) is 0 Å². The Morgan fingerprint density at radius 2 is 1.95 bits per heavy atom. The van der Waals surface area contributed by atoms with Crippen molar-refractivity contribution in [3.05, 3.63) is 29.6 Å².